The van der Waals surface area contributed by atoms with E-state index in [2.05, 4.69) is 13.8 Å². The van der Waals surface area contributed by atoms with E-state index < -0.39 is 5.60 Å². The molecule has 1 N–H and O–H groups in total. The van der Waals surface area contributed by atoms with E-state index >= 15 is 0 Å². The van der Waals surface area contributed by atoms with Crippen LogP contribution in [-0.2, 0) is 6.42 Å². The van der Waals surface area contributed by atoms with Crippen molar-refractivity contribution in [3.05, 3.63) is 35.1 Å². The SMILES string of the molecule is Cc1cc(F)ccc1CC1(O)CCCCC1C(C)C. The zero-order valence-corrected chi connectivity index (χ0v) is 12.2. The van der Waals surface area contributed by atoms with Gasteiger partial charge in [-0.1, -0.05) is 32.8 Å². The predicted octanol–water partition coefficient (Wildman–Crippen LogP) is 4.25. The van der Waals surface area contributed by atoms with E-state index in [1.54, 1.807) is 6.07 Å². The van der Waals surface area contributed by atoms with Gasteiger partial charge in [-0.2, -0.15) is 0 Å². The smallest absolute Gasteiger partial charge is 0.123 e. The monoisotopic (exact) mass is 264 g/mol. The van der Waals surface area contributed by atoms with Crippen molar-refractivity contribution < 1.29 is 9.50 Å². The molecule has 106 valence electrons. The van der Waals surface area contributed by atoms with Gasteiger partial charge in [0.1, 0.15) is 5.82 Å². The number of aryl methyl sites for hydroxylation is 1. The maximum absolute atomic E-state index is 13.2. The number of hydrogen-bond acceptors (Lipinski definition) is 1. The van der Waals surface area contributed by atoms with Crippen LogP contribution in [0.5, 0.6) is 0 Å². The van der Waals surface area contributed by atoms with E-state index in [-0.39, 0.29) is 5.82 Å². The van der Waals surface area contributed by atoms with E-state index in [0.29, 0.717) is 18.3 Å². The lowest BCUT2D eigenvalue weighted by Gasteiger charge is -2.43. The molecule has 0 aliphatic heterocycles. The number of benzene rings is 1. The largest absolute Gasteiger partial charge is 0.389 e. The molecule has 0 aromatic heterocycles. The maximum Gasteiger partial charge on any atom is 0.123 e. The van der Waals surface area contributed by atoms with Crippen LogP contribution in [0.3, 0.4) is 0 Å². The Labute approximate surface area is 115 Å². The lowest BCUT2D eigenvalue weighted by molar-refractivity contribution is -0.0653. The second-order valence-electron chi connectivity index (χ2n) is 6.45. The molecule has 0 spiro atoms. The van der Waals surface area contributed by atoms with Gasteiger partial charge >= 0.3 is 0 Å². The molecule has 2 atom stereocenters. The third-order valence-corrected chi connectivity index (χ3v) is 4.67. The van der Waals surface area contributed by atoms with E-state index in [1.165, 1.54) is 12.5 Å². The summed E-state index contributed by atoms with van der Waals surface area (Å²) in [6, 6.07) is 4.89. The summed E-state index contributed by atoms with van der Waals surface area (Å²) in [4.78, 5) is 0. The summed E-state index contributed by atoms with van der Waals surface area (Å²) >= 11 is 0. The van der Waals surface area contributed by atoms with Gasteiger partial charge in [0.15, 0.2) is 0 Å². The van der Waals surface area contributed by atoms with Crippen molar-refractivity contribution >= 4 is 0 Å². The van der Waals surface area contributed by atoms with E-state index in [4.69, 9.17) is 0 Å². The summed E-state index contributed by atoms with van der Waals surface area (Å²) in [5.41, 5.74) is 1.41. The average molecular weight is 264 g/mol. The van der Waals surface area contributed by atoms with Crippen LogP contribution >= 0.6 is 0 Å². The standard InChI is InChI=1S/C17H25FO/c1-12(2)16-6-4-5-9-17(16,19)11-14-7-8-15(18)10-13(14)3/h7-8,10,12,16,19H,4-6,9,11H2,1-3H3. The molecule has 1 aliphatic carbocycles. The van der Waals surface area contributed by atoms with Gasteiger partial charge in [-0.05, 0) is 54.9 Å². The molecule has 1 aliphatic rings. The first kappa shape index (κ1) is 14.5. The minimum Gasteiger partial charge on any atom is -0.389 e. The molecule has 2 heteroatoms. The minimum atomic E-state index is -0.616. The van der Waals surface area contributed by atoms with Crippen LogP contribution in [0.4, 0.5) is 4.39 Å². The minimum absolute atomic E-state index is 0.197. The molecule has 1 fully saturated rings. The number of hydrogen-bond donors (Lipinski definition) is 1. The van der Waals surface area contributed by atoms with Gasteiger partial charge in [0.05, 0.1) is 5.60 Å². The third-order valence-electron chi connectivity index (χ3n) is 4.67. The van der Waals surface area contributed by atoms with Gasteiger partial charge in [0.25, 0.3) is 0 Å². The van der Waals surface area contributed by atoms with Crippen molar-refractivity contribution in [2.45, 2.75) is 58.5 Å². The quantitative estimate of drug-likeness (QED) is 0.865. The first-order chi connectivity index (χ1) is 8.92. The topological polar surface area (TPSA) is 20.2 Å². The van der Waals surface area contributed by atoms with Crippen molar-refractivity contribution in [1.29, 1.82) is 0 Å². The highest BCUT2D eigenvalue weighted by molar-refractivity contribution is 5.28. The van der Waals surface area contributed by atoms with Gasteiger partial charge < -0.3 is 5.11 Å². The molecule has 0 bridgehead atoms. The fraction of sp³-hybridized carbons (Fsp3) is 0.647. The zero-order chi connectivity index (χ0) is 14.0. The molecular formula is C17H25FO. The van der Waals surface area contributed by atoms with Crippen molar-refractivity contribution in [3.8, 4) is 0 Å². The van der Waals surface area contributed by atoms with Gasteiger partial charge in [-0.25, -0.2) is 4.39 Å². The molecule has 1 nitrogen and oxygen atoms in total. The van der Waals surface area contributed by atoms with Crippen LogP contribution < -0.4 is 0 Å². The van der Waals surface area contributed by atoms with Crippen LogP contribution in [-0.4, -0.2) is 10.7 Å². The Hall–Kier alpha value is -0.890. The van der Waals surface area contributed by atoms with Gasteiger partial charge in [0, 0.05) is 6.42 Å². The van der Waals surface area contributed by atoms with Crippen LogP contribution in [0.15, 0.2) is 18.2 Å². The second-order valence-corrected chi connectivity index (χ2v) is 6.45. The third kappa shape index (κ3) is 3.17. The maximum atomic E-state index is 13.2. The lowest BCUT2D eigenvalue weighted by atomic mass is 9.67. The normalized spacial score (nSPS) is 27.8. The average Bonchev–Trinajstić information content (AvgIpc) is 2.33. The van der Waals surface area contributed by atoms with E-state index in [9.17, 15) is 9.50 Å². The Morgan fingerprint density at radius 2 is 2.11 bits per heavy atom. The predicted molar refractivity (Wildman–Crippen MR) is 76.6 cm³/mol. The highest BCUT2D eigenvalue weighted by Crippen LogP contribution is 2.40. The molecule has 1 saturated carbocycles. The fourth-order valence-corrected chi connectivity index (χ4v) is 3.61. The molecule has 0 amide bonds. The lowest BCUT2D eigenvalue weighted by Crippen LogP contribution is -2.45. The Kier molecular flexibility index (Phi) is 4.29. The summed E-state index contributed by atoms with van der Waals surface area (Å²) in [5.74, 6) is 0.647. The van der Waals surface area contributed by atoms with Crippen LogP contribution in [0.2, 0.25) is 0 Å². The molecule has 2 rings (SSSR count). The first-order valence-corrected chi connectivity index (χ1v) is 7.40. The summed E-state index contributed by atoms with van der Waals surface area (Å²) in [6.45, 7) is 6.31. The highest BCUT2D eigenvalue weighted by atomic mass is 19.1. The van der Waals surface area contributed by atoms with Crippen molar-refractivity contribution in [2.75, 3.05) is 0 Å². The summed E-state index contributed by atoms with van der Waals surface area (Å²) in [5, 5.41) is 11.1. The van der Waals surface area contributed by atoms with Gasteiger partial charge in [-0.3, -0.25) is 0 Å². The van der Waals surface area contributed by atoms with E-state index in [1.807, 2.05) is 13.0 Å². The Bertz CT molecular complexity index is 441. The molecule has 1 aromatic rings. The highest BCUT2D eigenvalue weighted by Gasteiger charge is 2.40. The van der Waals surface area contributed by atoms with E-state index in [0.717, 1.165) is 30.4 Å². The molecule has 2 unspecified atom stereocenters. The number of halogens is 1. The molecule has 0 radical (unpaired) electrons. The first-order valence-electron chi connectivity index (χ1n) is 7.40. The van der Waals surface area contributed by atoms with Crippen LogP contribution in [0, 0.1) is 24.6 Å². The van der Waals surface area contributed by atoms with Gasteiger partial charge in [0.2, 0.25) is 0 Å². The molecule has 19 heavy (non-hydrogen) atoms. The van der Waals surface area contributed by atoms with Crippen LogP contribution in [0.1, 0.15) is 50.7 Å². The van der Waals surface area contributed by atoms with Crippen molar-refractivity contribution in [1.82, 2.24) is 0 Å². The van der Waals surface area contributed by atoms with Crippen molar-refractivity contribution in [3.63, 3.8) is 0 Å². The summed E-state index contributed by atoms with van der Waals surface area (Å²) in [7, 11) is 0. The molecule has 0 heterocycles. The fourth-order valence-electron chi connectivity index (χ4n) is 3.61. The van der Waals surface area contributed by atoms with Gasteiger partial charge in [-0.15, -0.1) is 0 Å². The Balaban J connectivity index is 2.23. The summed E-state index contributed by atoms with van der Waals surface area (Å²) < 4.78 is 13.2. The Morgan fingerprint density at radius 1 is 1.37 bits per heavy atom. The summed E-state index contributed by atoms with van der Waals surface area (Å²) in [6.07, 6.45) is 4.94. The zero-order valence-electron chi connectivity index (χ0n) is 12.2. The molecular weight excluding hydrogens is 239 g/mol. The Morgan fingerprint density at radius 3 is 2.74 bits per heavy atom. The second kappa shape index (κ2) is 5.62. The van der Waals surface area contributed by atoms with Crippen molar-refractivity contribution in [2.24, 2.45) is 11.8 Å². The number of aliphatic hydroxyl groups is 1. The number of rotatable bonds is 3. The molecule has 1 aromatic carbocycles. The molecule has 0 saturated heterocycles. The van der Waals surface area contributed by atoms with Crippen LogP contribution in [0.25, 0.3) is 0 Å².